The molecule has 0 heterocycles. The van der Waals surface area contributed by atoms with Gasteiger partial charge in [0, 0.05) is 30.6 Å². The lowest BCUT2D eigenvalue weighted by atomic mass is 9.89. The van der Waals surface area contributed by atoms with E-state index >= 15 is 0 Å². The van der Waals surface area contributed by atoms with Crippen LogP contribution in [0.25, 0.3) is 0 Å². The molecule has 0 radical (unpaired) electrons. The van der Waals surface area contributed by atoms with Crippen LogP contribution in [-0.4, -0.2) is 43.6 Å². The summed E-state index contributed by atoms with van der Waals surface area (Å²) in [5.41, 5.74) is 0. The first kappa shape index (κ1) is 22.4. The van der Waals surface area contributed by atoms with Gasteiger partial charge in [-0.25, -0.2) is 0 Å². The van der Waals surface area contributed by atoms with Crippen molar-refractivity contribution in [1.29, 1.82) is 0 Å². The van der Waals surface area contributed by atoms with Crippen LogP contribution in [0, 0.1) is 0 Å². The van der Waals surface area contributed by atoms with Crippen LogP contribution < -0.4 is 10.1 Å². The van der Waals surface area contributed by atoms with Crippen LogP contribution in [0.3, 0.4) is 0 Å². The predicted molar refractivity (Wildman–Crippen MR) is 106 cm³/mol. The van der Waals surface area contributed by atoms with Gasteiger partial charge in [-0.1, -0.05) is 36.0 Å². The first-order chi connectivity index (χ1) is 11.5. The topological polar surface area (TPSA) is 41.6 Å². The summed E-state index contributed by atoms with van der Waals surface area (Å²) in [5, 5.41) is 4.42. The van der Waals surface area contributed by atoms with Crippen molar-refractivity contribution in [2.45, 2.75) is 50.6 Å². The number of ether oxygens (including phenoxy) is 1. The van der Waals surface area contributed by atoms with Crippen LogP contribution in [0.15, 0.2) is 18.2 Å². The number of benzene rings is 1. The van der Waals surface area contributed by atoms with Gasteiger partial charge in [0.15, 0.2) is 0 Å². The maximum atomic E-state index is 12.4. The highest BCUT2D eigenvalue weighted by Gasteiger charge is 2.29. The van der Waals surface area contributed by atoms with Gasteiger partial charge in [0.1, 0.15) is 5.75 Å². The molecule has 7 heteroatoms. The van der Waals surface area contributed by atoms with E-state index in [0.29, 0.717) is 47.3 Å². The Hall–Kier alpha value is -0.680. The minimum absolute atomic E-state index is 0. The second kappa shape index (κ2) is 11.1. The molecular formula is C18H27Cl3N2O2. The van der Waals surface area contributed by atoms with Crippen molar-refractivity contribution in [3.05, 3.63) is 28.2 Å². The van der Waals surface area contributed by atoms with E-state index < -0.39 is 0 Å². The molecule has 4 nitrogen and oxygen atoms in total. The van der Waals surface area contributed by atoms with Crippen molar-refractivity contribution in [3.8, 4) is 5.75 Å². The molecule has 0 bridgehead atoms. The average Bonchev–Trinajstić information content (AvgIpc) is 2.59. The third-order valence-corrected chi connectivity index (χ3v) is 5.21. The molecule has 1 aromatic carbocycles. The van der Waals surface area contributed by atoms with Gasteiger partial charge in [-0.05, 0) is 44.5 Å². The molecule has 0 saturated heterocycles. The molecule has 1 amide bonds. The highest BCUT2D eigenvalue weighted by molar-refractivity contribution is 6.35. The molecule has 0 aromatic heterocycles. The zero-order valence-electron chi connectivity index (χ0n) is 14.8. The van der Waals surface area contributed by atoms with Crippen molar-refractivity contribution in [2.75, 3.05) is 20.7 Å². The highest BCUT2D eigenvalue weighted by Crippen LogP contribution is 2.27. The molecule has 1 aliphatic carbocycles. The Balaban J connectivity index is 0.00000312. The van der Waals surface area contributed by atoms with Crippen LogP contribution in [0.4, 0.5) is 0 Å². The van der Waals surface area contributed by atoms with Crippen molar-refractivity contribution in [2.24, 2.45) is 0 Å². The van der Waals surface area contributed by atoms with Crippen molar-refractivity contribution in [1.82, 2.24) is 10.2 Å². The number of rotatable bonds is 7. The Morgan fingerprint density at radius 3 is 2.72 bits per heavy atom. The Morgan fingerprint density at radius 2 is 2.04 bits per heavy atom. The lowest BCUT2D eigenvalue weighted by molar-refractivity contribution is -0.133. The Morgan fingerprint density at radius 1 is 1.32 bits per heavy atom. The van der Waals surface area contributed by atoms with E-state index in [1.807, 2.05) is 19.0 Å². The van der Waals surface area contributed by atoms with E-state index in [2.05, 4.69) is 5.32 Å². The third-order valence-electron chi connectivity index (χ3n) is 4.68. The van der Waals surface area contributed by atoms with E-state index in [1.54, 1.807) is 18.2 Å². The number of amides is 1. The predicted octanol–water partition coefficient (Wildman–Crippen LogP) is 4.56. The van der Waals surface area contributed by atoms with E-state index in [0.717, 1.165) is 12.8 Å². The Bertz CT molecular complexity index is 557. The number of nitrogens with zero attached hydrogens (tertiary/aromatic N) is 1. The summed E-state index contributed by atoms with van der Waals surface area (Å²) in [6.07, 6.45) is 5.79. The molecule has 2 atom stereocenters. The largest absolute Gasteiger partial charge is 0.492 e. The zero-order valence-corrected chi connectivity index (χ0v) is 17.1. The third kappa shape index (κ3) is 6.52. The monoisotopic (exact) mass is 408 g/mol. The molecule has 25 heavy (non-hydrogen) atoms. The first-order valence-corrected chi connectivity index (χ1v) is 9.29. The van der Waals surface area contributed by atoms with Gasteiger partial charge < -0.3 is 15.0 Å². The Labute approximate surface area is 166 Å². The van der Waals surface area contributed by atoms with Gasteiger partial charge in [0.25, 0.3) is 0 Å². The fraction of sp³-hybridized carbons (Fsp3) is 0.611. The van der Waals surface area contributed by atoms with Gasteiger partial charge in [0.05, 0.1) is 11.6 Å². The number of nitrogens with one attached hydrogen (secondary N) is 1. The minimum atomic E-state index is 0. The van der Waals surface area contributed by atoms with Crippen LogP contribution in [-0.2, 0) is 4.79 Å². The van der Waals surface area contributed by atoms with Crippen molar-refractivity contribution in [3.63, 3.8) is 0 Å². The summed E-state index contributed by atoms with van der Waals surface area (Å²) in [6, 6.07) is 5.83. The van der Waals surface area contributed by atoms with Crippen molar-refractivity contribution >= 4 is 41.5 Å². The molecule has 1 saturated carbocycles. The molecule has 0 aliphatic heterocycles. The lowest BCUT2D eigenvalue weighted by Crippen LogP contribution is -2.51. The quantitative estimate of drug-likeness (QED) is 0.671. The van der Waals surface area contributed by atoms with Crippen LogP contribution in [0.1, 0.15) is 38.5 Å². The van der Waals surface area contributed by atoms with Crippen LogP contribution in [0.2, 0.25) is 10.0 Å². The summed E-state index contributed by atoms with van der Waals surface area (Å²) in [7, 11) is 3.89. The number of hydrogen-bond donors (Lipinski definition) is 1. The number of halogens is 3. The van der Waals surface area contributed by atoms with E-state index in [-0.39, 0.29) is 18.3 Å². The average molecular weight is 410 g/mol. The molecule has 1 aliphatic rings. The number of carbonyl (C=O) groups excluding carboxylic acids is 1. The van der Waals surface area contributed by atoms with Gasteiger partial charge in [-0.3, -0.25) is 4.79 Å². The van der Waals surface area contributed by atoms with E-state index in [4.69, 9.17) is 27.9 Å². The molecule has 1 fully saturated rings. The molecule has 1 aromatic rings. The summed E-state index contributed by atoms with van der Waals surface area (Å²) in [6.45, 7) is 0.459. The van der Waals surface area contributed by atoms with Crippen molar-refractivity contribution < 1.29 is 9.53 Å². The molecule has 1 N–H and O–H groups in total. The molecule has 142 valence electrons. The van der Waals surface area contributed by atoms with Gasteiger partial charge >= 0.3 is 0 Å². The summed E-state index contributed by atoms with van der Waals surface area (Å²) in [5.74, 6) is 0.775. The number of carbonyl (C=O) groups is 1. The number of likely N-dealkylation sites (N-methyl/N-ethyl adjacent to an activating group) is 2. The summed E-state index contributed by atoms with van der Waals surface area (Å²) < 4.78 is 5.64. The first-order valence-electron chi connectivity index (χ1n) is 8.53. The lowest BCUT2D eigenvalue weighted by Gasteiger charge is -2.38. The normalized spacial score (nSPS) is 19.8. The fourth-order valence-corrected chi connectivity index (χ4v) is 3.73. The van der Waals surface area contributed by atoms with Gasteiger partial charge in [-0.2, -0.15) is 0 Å². The SMILES string of the molecule is CN[C@@H]1CCCC[C@H]1N(C)C(=O)CCCOc1ccc(Cl)cc1Cl.Cl. The van der Waals surface area contributed by atoms with Gasteiger partial charge in [0.2, 0.25) is 5.91 Å². The van der Waals surface area contributed by atoms with Crippen LogP contribution in [0.5, 0.6) is 5.75 Å². The highest BCUT2D eigenvalue weighted by atomic mass is 35.5. The molecule has 0 spiro atoms. The zero-order chi connectivity index (χ0) is 17.5. The smallest absolute Gasteiger partial charge is 0.222 e. The maximum absolute atomic E-state index is 12.4. The standard InChI is InChI=1S/C18H26Cl2N2O2.ClH/c1-21-15-6-3-4-7-16(15)22(2)18(23)8-5-11-24-17-10-9-13(19)12-14(17)20;/h9-10,12,15-16,21H,3-8,11H2,1-2H3;1H/t15-,16-;/m1./s1. The van der Waals surface area contributed by atoms with E-state index in [1.165, 1.54) is 12.8 Å². The Kier molecular flexibility index (Phi) is 9.95. The summed E-state index contributed by atoms with van der Waals surface area (Å²) >= 11 is 11.9. The second-order valence-corrected chi connectivity index (χ2v) is 7.12. The van der Waals surface area contributed by atoms with Crippen LogP contribution >= 0.6 is 35.6 Å². The molecule has 2 rings (SSSR count). The summed E-state index contributed by atoms with van der Waals surface area (Å²) in [4.78, 5) is 14.3. The van der Waals surface area contributed by atoms with E-state index in [9.17, 15) is 4.79 Å². The number of hydrogen-bond acceptors (Lipinski definition) is 3. The molecular weight excluding hydrogens is 383 g/mol. The second-order valence-electron chi connectivity index (χ2n) is 6.28. The van der Waals surface area contributed by atoms with Gasteiger partial charge in [-0.15, -0.1) is 12.4 Å². The molecule has 0 unspecified atom stereocenters. The minimum Gasteiger partial charge on any atom is -0.492 e. The maximum Gasteiger partial charge on any atom is 0.222 e. The fourth-order valence-electron chi connectivity index (χ4n) is 3.27.